The molecular weight excluding hydrogens is 210 g/mol. The van der Waals surface area contributed by atoms with Gasteiger partial charge in [0.1, 0.15) is 0 Å². The average Bonchev–Trinajstić information content (AvgIpc) is 2.78. The van der Waals surface area contributed by atoms with Gasteiger partial charge in [0.25, 0.3) is 0 Å². The number of rotatable bonds is 4. The van der Waals surface area contributed by atoms with Crippen LogP contribution in [0.25, 0.3) is 0 Å². The summed E-state index contributed by atoms with van der Waals surface area (Å²) in [4.78, 5) is 13.6. The van der Waals surface area contributed by atoms with Crippen LogP contribution in [0.15, 0.2) is 24.3 Å². The fraction of sp³-hybridized carbons (Fsp3) is 0.533. The molecule has 0 amide bonds. The van der Waals surface area contributed by atoms with Crippen LogP contribution in [-0.4, -0.2) is 18.9 Å². The maximum Gasteiger partial charge on any atom is 0.159 e. The first-order chi connectivity index (χ1) is 8.20. The lowest BCUT2D eigenvalue weighted by Gasteiger charge is -2.18. The molecule has 17 heavy (non-hydrogen) atoms. The van der Waals surface area contributed by atoms with Gasteiger partial charge in [-0.05, 0) is 49.9 Å². The van der Waals surface area contributed by atoms with E-state index in [1.807, 2.05) is 12.1 Å². The fourth-order valence-electron chi connectivity index (χ4n) is 2.62. The van der Waals surface area contributed by atoms with E-state index in [9.17, 15) is 4.79 Å². The second-order valence-corrected chi connectivity index (χ2v) is 4.99. The molecule has 2 nitrogen and oxygen atoms in total. The molecule has 1 fully saturated rings. The third kappa shape index (κ3) is 2.87. The Bertz CT molecular complexity index is 382. The standard InChI is InChI=1S/C15H21NO/c1-3-4-13-9-10-16(11-13)15-7-5-14(6-8-15)12(2)17/h5-8,13H,3-4,9-11H2,1-2H3. The number of hydrogen-bond donors (Lipinski definition) is 0. The van der Waals surface area contributed by atoms with Crippen molar-refractivity contribution in [1.82, 2.24) is 0 Å². The van der Waals surface area contributed by atoms with E-state index in [4.69, 9.17) is 0 Å². The first-order valence-electron chi connectivity index (χ1n) is 6.56. The summed E-state index contributed by atoms with van der Waals surface area (Å²) in [5.74, 6) is 0.995. The molecular formula is C15H21NO. The molecule has 1 saturated heterocycles. The molecule has 0 radical (unpaired) electrons. The highest BCUT2D eigenvalue weighted by Crippen LogP contribution is 2.26. The summed E-state index contributed by atoms with van der Waals surface area (Å²) in [5, 5.41) is 0. The molecule has 0 aliphatic carbocycles. The maximum atomic E-state index is 11.2. The minimum atomic E-state index is 0.141. The van der Waals surface area contributed by atoms with Gasteiger partial charge < -0.3 is 4.90 Å². The Labute approximate surface area is 104 Å². The molecule has 1 aliphatic rings. The van der Waals surface area contributed by atoms with Crippen molar-refractivity contribution in [2.75, 3.05) is 18.0 Å². The average molecular weight is 231 g/mol. The smallest absolute Gasteiger partial charge is 0.159 e. The van der Waals surface area contributed by atoms with Gasteiger partial charge in [0, 0.05) is 24.3 Å². The monoisotopic (exact) mass is 231 g/mol. The Hall–Kier alpha value is -1.31. The minimum Gasteiger partial charge on any atom is -0.371 e. The number of Topliss-reactive ketones (excluding diaryl/α,β-unsaturated/α-hetero) is 1. The minimum absolute atomic E-state index is 0.141. The van der Waals surface area contributed by atoms with Gasteiger partial charge in [0.15, 0.2) is 5.78 Å². The molecule has 2 heteroatoms. The SMILES string of the molecule is CCCC1CCN(c2ccc(C(C)=O)cc2)C1. The molecule has 0 bridgehead atoms. The molecule has 1 unspecified atom stereocenters. The largest absolute Gasteiger partial charge is 0.371 e. The number of carbonyl (C=O) groups is 1. The quantitative estimate of drug-likeness (QED) is 0.739. The van der Waals surface area contributed by atoms with Crippen LogP contribution in [0, 0.1) is 5.92 Å². The number of benzene rings is 1. The molecule has 2 rings (SSSR count). The van der Waals surface area contributed by atoms with Gasteiger partial charge in [-0.3, -0.25) is 4.79 Å². The third-order valence-electron chi connectivity index (χ3n) is 3.62. The highest BCUT2D eigenvalue weighted by molar-refractivity contribution is 5.94. The van der Waals surface area contributed by atoms with Crippen LogP contribution in [0.5, 0.6) is 0 Å². The van der Waals surface area contributed by atoms with Crippen LogP contribution in [0.3, 0.4) is 0 Å². The Balaban J connectivity index is 2.01. The van der Waals surface area contributed by atoms with E-state index in [1.165, 1.54) is 31.5 Å². The van der Waals surface area contributed by atoms with E-state index in [-0.39, 0.29) is 5.78 Å². The Morgan fingerprint density at radius 1 is 1.35 bits per heavy atom. The van der Waals surface area contributed by atoms with Gasteiger partial charge in [-0.15, -0.1) is 0 Å². The first-order valence-corrected chi connectivity index (χ1v) is 6.56. The Kier molecular flexibility index (Phi) is 3.82. The van der Waals surface area contributed by atoms with Gasteiger partial charge in [-0.25, -0.2) is 0 Å². The van der Waals surface area contributed by atoms with E-state index >= 15 is 0 Å². The van der Waals surface area contributed by atoms with Crippen molar-refractivity contribution in [2.45, 2.75) is 33.1 Å². The summed E-state index contributed by atoms with van der Waals surface area (Å²) in [6.07, 6.45) is 3.92. The summed E-state index contributed by atoms with van der Waals surface area (Å²) in [5.41, 5.74) is 2.06. The second-order valence-electron chi connectivity index (χ2n) is 4.99. The van der Waals surface area contributed by atoms with Crippen molar-refractivity contribution in [3.05, 3.63) is 29.8 Å². The zero-order chi connectivity index (χ0) is 12.3. The number of anilines is 1. The van der Waals surface area contributed by atoms with Crippen molar-refractivity contribution >= 4 is 11.5 Å². The number of nitrogens with zero attached hydrogens (tertiary/aromatic N) is 1. The van der Waals surface area contributed by atoms with Gasteiger partial charge in [-0.2, -0.15) is 0 Å². The Morgan fingerprint density at radius 3 is 2.65 bits per heavy atom. The highest BCUT2D eigenvalue weighted by Gasteiger charge is 2.21. The van der Waals surface area contributed by atoms with Crippen molar-refractivity contribution in [2.24, 2.45) is 5.92 Å². The molecule has 1 aliphatic heterocycles. The fourth-order valence-corrected chi connectivity index (χ4v) is 2.62. The van der Waals surface area contributed by atoms with Crippen molar-refractivity contribution in [3.63, 3.8) is 0 Å². The zero-order valence-corrected chi connectivity index (χ0v) is 10.8. The molecule has 92 valence electrons. The van der Waals surface area contributed by atoms with Crippen LogP contribution >= 0.6 is 0 Å². The van der Waals surface area contributed by atoms with Gasteiger partial charge in [0.2, 0.25) is 0 Å². The normalized spacial score (nSPS) is 19.6. The lowest BCUT2D eigenvalue weighted by Crippen LogP contribution is -2.19. The van der Waals surface area contributed by atoms with Crippen molar-refractivity contribution in [3.8, 4) is 0 Å². The second kappa shape index (κ2) is 5.35. The lowest BCUT2D eigenvalue weighted by molar-refractivity contribution is 0.101. The summed E-state index contributed by atoms with van der Waals surface area (Å²) in [7, 11) is 0. The van der Waals surface area contributed by atoms with Crippen molar-refractivity contribution in [1.29, 1.82) is 0 Å². The third-order valence-corrected chi connectivity index (χ3v) is 3.62. The van der Waals surface area contributed by atoms with Crippen LogP contribution in [0.4, 0.5) is 5.69 Å². The Morgan fingerprint density at radius 2 is 2.06 bits per heavy atom. The topological polar surface area (TPSA) is 20.3 Å². The van der Waals surface area contributed by atoms with E-state index < -0.39 is 0 Å². The van der Waals surface area contributed by atoms with Crippen LogP contribution < -0.4 is 4.90 Å². The molecule has 0 saturated carbocycles. The number of carbonyl (C=O) groups excluding carboxylic acids is 1. The van der Waals surface area contributed by atoms with E-state index in [0.29, 0.717) is 0 Å². The van der Waals surface area contributed by atoms with E-state index in [0.717, 1.165) is 18.0 Å². The highest BCUT2D eigenvalue weighted by atomic mass is 16.1. The molecule has 1 heterocycles. The molecule has 1 atom stereocenters. The van der Waals surface area contributed by atoms with Crippen LogP contribution in [0.2, 0.25) is 0 Å². The molecule has 1 aromatic carbocycles. The maximum absolute atomic E-state index is 11.2. The predicted octanol–water partition coefficient (Wildman–Crippen LogP) is 3.52. The predicted molar refractivity (Wildman–Crippen MR) is 71.7 cm³/mol. The van der Waals surface area contributed by atoms with Gasteiger partial charge in [-0.1, -0.05) is 13.3 Å². The van der Waals surface area contributed by atoms with Crippen LogP contribution in [-0.2, 0) is 0 Å². The number of hydrogen-bond acceptors (Lipinski definition) is 2. The summed E-state index contributed by atoms with van der Waals surface area (Å²) < 4.78 is 0. The molecule has 0 N–H and O–H groups in total. The summed E-state index contributed by atoms with van der Waals surface area (Å²) in [6.45, 7) is 6.20. The first kappa shape index (κ1) is 12.2. The van der Waals surface area contributed by atoms with Gasteiger partial charge >= 0.3 is 0 Å². The lowest BCUT2D eigenvalue weighted by atomic mass is 10.0. The van der Waals surface area contributed by atoms with Crippen molar-refractivity contribution < 1.29 is 4.79 Å². The zero-order valence-electron chi connectivity index (χ0n) is 10.8. The van der Waals surface area contributed by atoms with Gasteiger partial charge in [0.05, 0.1) is 0 Å². The summed E-state index contributed by atoms with van der Waals surface area (Å²) >= 11 is 0. The number of ketones is 1. The molecule has 0 spiro atoms. The van der Waals surface area contributed by atoms with Crippen LogP contribution in [0.1, 0.15) is 43.5 Å². The summed E-state index contributed by atoms with van der Waals surface area (Å²) in [6, 6.07) is 8.02. The molecule has 1 aromatic rings. The molecule has 0 aromatic heterocycles. The van der Waals surface area contributed by atoms with E-state index in [2.05, 4.69) is 24.0 Å². The van der Waals surface area contributed by atoms with E-state index in [1.54, 1.807) is 6.92 Å².